The lowest BCUT2D eigenvalue weighted by atomic mass is 9.84. The molecule has 5 nitrogen and oxygen atoms in total. The summed E-state index contributed by atoms with van der Waals surface area (Å²) in [5.41, 5.74) is -4.46. The van der Waals surface area contributed by atoms with Crippen molar-refractivity contribution < 1.29 is 40.9 Å². The molecule has 4 aromatic rings. The summed E-state index contributed by atoms with van der Waals surface area (Å²) in [6.07, 6.45) is -8.22. The van der Waals surface area contributed by atoms with E-state index < -0.39 is 46.5 Å². The minimum Gasteiger partial charge on any atom is -0.395 e. The van der Waals surface area contributed by atoms with E-state index in [-0.39, 0.29) is 5.39 Å². The molecule has 0 aliphatic carbocycles. The van der Waals surface area contributed by atoms with Crippen molar-refractivity contribution in [3.63, 3.8) is 0 Å². The molecule has 33 heavy (non-hydrogen) atoms. The lowest BCUT2D eigenvalue weighted by molar-refractivity contribution is -0.288. The number of benzene rings is 3. The highest BCUT2D eigenvalue weighted by Crippen LogP contribution is 2.53. The topological polar surface area (TPSA) is 56.5 Å². The molecule has 1 atom stereocenters. The van der Waals surface area contributed by atoms with Gasteiger partial charge in [-0.15, -0.1) is 8.78 Å². The maximum atomic E-state index is 14.3. The summed E-state index contributed by atoms with van der Waals surface area (Å²) in [5.74, 6) is -2.02. The van der Waals surface area contributed by atoms with E-state index in [0.717, 1.165) is 30.3 Å². The zero-order chi connectivity index (χ0) is 23.6. The Labute approximate surface area is 181 Å². The minimum absolute atomic E-state index is 0.217. The van der Waals surface area contributed by atoms with Gasteiger partial charge in [-0.25, -0.2) is 9.07 Å². The number of nitrogens with zero attached hydrogens (tertiary/aromatic N) is 2. The Morgan fingerprint density at radius 1 is 0.939 bits per heavy atom. The number of hydrogen-bond acceptors (Lipinski definition) is 4. The summed E-state index contributed by atoms with van der Waals surface area (Å²) in [7, 11) is 0. The van der Waals surface area contributed by atoms with Crippen molar-refractivity contribution in [3.05, 3.63) is 83.8 Å². The first kappa shape index (κ1) is 21.1. The van der Waals surface area contributed by atoms with Crippen LogP contribution in [-0.4, -0.2) is 27.4 Å². The molecule has 1 aliphatic rings. The molecule has 0 saturated heterocycles. The van der Waals surface area contributed by atoms with Crippen molar-refractivity contribution in [2.45, 2.75) is 18.1 Å². The van der Waals surface area contributed by atoms with Gasteiger partial charge < -0.3 is 14.6 Å². The van der Waals surface area contributed by atoms with Crippen LogP contribution in [0, 0.1) is 5.82 Å². The van der Waals surface area contributed by atoms with Gasteiger partial charge in [0.1, 0.15) is 5.82 Å². The van der Waals surface area contributed by atoms with Crippen molar-refractivity contribution in [1.29, 1.82) is 0 Å². The molecule has 1 N–H and O–H groups in total. The SMILES string of the molecule is OC(c1ccc2c(cnn2-c2ccc(F)cc2)c1)(c1cccc2c1OC(F)(F)O2)C(F)(F)F. The van der Waals surface area contributed by atoms with Crippen LogP contribution in [0.2, 0.25) is 0 Å². The summed E-state index contributed by atoms with van der Waals surface area (Å²) in [6, 6.07) is 11.5. The molecule has 11 heteroatoms. The second-order valence-corrected chi connectivity index (χ2v) is 7.31. The maximum absolute atomic E-state index is 14.3. The van der Waals surface area contributed by atoms with Crippen LogP contribution in [0.4, 0.5) is 26.3 Å². The average molecular weight is 466 g/mol. The second kappa shape index (κ2) is 6.88. The number of aromatic nitrogens is 2. The van der Waals surface area contributed by atoms with Crippen LogP contribution in [0.5, 0.6) is 11.5 Å². The molecule has 5 rings (SSSR count). The molecule has 0 saturated carbocycles. The number of halogens is 6. The van der Waals surface area contributed by atoms with Crippen LogP contribution >= 0.6 is 0 Å². The second-order valence-electron chi connectivity index (χ2n) is 7.31. The van der Waals surface area contributed by atoms with E-state index >= 15 is 0 Å². The van der Waals surface area contributed by atoms with Gasteiger partial charge in [0.2, 0.25) is 5.60 Å². The maximum Gasteiger partial charge on any atom is 0.586 e. The molecule has 0 fully saturated rings. The Morgan fingerprint density at radius 3 is 2.36 bits per heavy atom. The number of aliphatic hydroxyl groups is 1. The number of para-hydroxylation sites is 1. The molecular weight excluding hydrogens is 454 g/mol. The Morgan fingerprint density at radius 2 is 1.67 bits per heavy atom. The van der Waals surface area contributed by atoms with Gasteiger partial charge in [-0.05, 0) is 48.0 Å². The standard InChI is InChI=1S/C22H12F6N2O3/c23-14-5-7-15(8-6-14)30-17-9-4-13(10-12(17)11-29-30)20(31,21(24,25)26)16-2-1-3-18-19(16)33-22(27,28)32-18/h1-11,31H. The monoisotopic (exact) mass is 466 g/mol. The van der Waals surface area contributed by atoms with Crippen molar-refractivity contribution in [1.82, 2.24) is 9.78 Å². The lowest BCUT2D eigenvalue weighted by Gasteiger charge is -2.32. The minimum atomic E-state index is -5.32. The Hall–Kier alpha value is -3.73. The van der Waals surface area contributed by atoms with Gasteiger partial charge in [0.15, 0.2) is 11.5 Å². The van der Waals surface area contributed by atoms with Crippen LogP contribution in [0.25, 0.3) is 16.6 Å². The van der Waals surface area contributed by atoms with E-state index in [4.69, 9.17) is 0 Å². The number of rotatable bonds is 3. The van der Waals surface area contributed by atoms with Gasteiger partial charge in [-0.3, -0.25) is 0 Å². The molecule has 0 amide bonds. The first-order valence-electron chi connectivity index (χ1n) is 9.42. The van der Waals surface area contributed by atoms with E-state index in [1.807, 2.05) is 0 Å². The molecule has 170 valence electrons. The highest BCUT2D eigenvalue weighted by atomic mass is 19.4. The largest absolute Gasteiger partial charge is 0.586 e. The summed E-state index contributed by atoms with van der Waals surface area (Å²) < 4.78 is 93.0. The van der Waals surface area contributed by atoms with Crippen LogP contribution < -0.4 is 9.47 Å². The van der Waals surface area contributed by atoms with Crippen molar-refractivity contribution in [3.8, 4) is 17.2 Å². The number of fused-ring (bicyclic) bond motifs is 2. The fourth-order valence-corrected chi connectivity index (χ4v) is 3.77. The third-order valence-corrected chi connectivity index (χ3v) is 5.29. The van der Waals surface area contributed by atoms with E-state index in [1.54, 1.807) is 0 Å². The molecule has 1 aromatic heterocycles. The van der Waals surface area contributed by atoms with Crippen molar-refractivity contribution >= 4 is 10.9 Å². The normalized spacial score (nSPS) is 16.7. The quantitative estimate of drug-likeness (QED) is 0.418. The van der Waals surface area contributed by atoms with E-state index in [0.29, 0.717) is 11.2 Å². The third-order valence-electron chi connectivity index (χ3n) is 5.29. The predicted molar refractivity (Wildman–Crippen MR) is 103 cm³/mol. The van der Waals surface area contributed by atoms with Crippen LogP contribution in [-0.2, 0) is 5.60 Å². The Kier molecular flexibility index (Phi) is 4.41. The molecule has 1 unspecified atom stereocenters. The molecule has 1 aliphatic heterocycles. The smallest absolute Gasteiger partial charge is 0.395 e. The molecule has 2 heterocycles. The molecule has 0 radical (unpaired) electrons. The molecule has 3 aromatic carbocycles. The van der Waals surface area contributed by atoms with Gasteiger partial charge in [0.05, 0.1) is 17.4 Å². The molecule has 0 spiro atoms. The lowest BCUT2D eigenvalue weighted by Crippen LogP contribution is -2.43. The van der Waals surface area contributed by atoms with Crippen molar-refractivity contribution in [2.24, 2.45) is 0 Å². The summed E-state index contributed by atoms with van der Waals surface area (Å²) in [5, 5.41) is 15.3. The van der Waals surface area contributed by atoms with Crippen molar-refractivity contribution in [2.75, 3.05) is 0 Å². The van der Waals surface area contributed by atoms with Gasteiger partial charge in [-0.1, -0.05) is 18.2 Å². The van der Waals surface area contributed by atoms with Crippen LogP contribution in [0.3, 0.4) is 0 Å². The first-order valence-corrected chi connectivity index (χ1v) is 9.42. The van der Waals surface area contributed by atoms with Crippen LogP contribution in [0.1, 0.15) is 11.1 Å². The zero-order valence-electron chi connectivity index (χ0n) is 16.3. The number of alkyl halides is 5. The third kappa shape index (κ3) is 3.27. The van der Waals surface area contributed by atoms with Gasteiger partial charge >= 0.3 is 12.5 Å². The van der Waals surface area contributed by atoms with Gasteiger partial charge in [-0.2, -0.15) is 18.3 Å². The van der Waals surface area contributed by atoms with Gasteiger partial charge in [0.25, 0.3) is 0 Å². The highest BCUT2D eigenvalue weighted by Gasteiger charge is 2.59. The summed E-state index contributed by atoms with van der Waals surface area (Å²) in [4.78, 5) is 0. The van der Waals surface area contributed by atoms with Crippen LogP contribution in [0.15, 0.2) is 66.9 Å². The number of ether oxygens (including phenoxy) is 2. The predicted octanol–water partition coefficient (Wildman–Crippen LogP) is 5.28. The Balaban J connectivity index is 1.67. The van der Waals surface area contributed by atoms with E-state index in [2.05, 4.69) is 14.6 Å². The fourth-order valence-electron chi connectivity index (χ4n) is 3.77. The average Bonchev–Trinajstić information content (AvgIpc) is 3.31. The summed E-state index contributed by atoms with van der Waals surface area (Å²) >= 11 is 0. The van der Waals surface area contributed by atoms with E-state index in [1.165, 1.54) is 41.2 Å². The molecule has 0 bridgehead atoms. The van der Waals surface area contributed by atoms with E-state index in [9.17, 15) is 31.4 Å². The number of hydrogen-bond donors (Lipinski definition) is 1. The summed E-state index contributed by atoms with van der Waals surface area (Å²) in [6.45, 7) is 0. The first-order chi connectivity index (χ1) is 15.5. The highest BCUT2D eigenvalue weighted by molar-refractivity contribution is 5.81. The Bertz CT molecular complexity index is 1370. The molecular formula is C22H12F6N2O3. The zero-order valence-corrected chi connectivity index (χ0v) is 16.3. The van der Waals surface area contributed by atoms with Gasteiger partial charge in [0, 0.05) is 10.9 Å². The fraction of sp³-hybridized carbons (Fsp3) is 0.136.